The van der Waals surface area contributed by atoms with Crippen LogP contribution in [0.1, 0.15) is 15.4 Å². The van der Waals surface area contributed by atoms with Crippen LogP contribution in [-0.2, 0) is 6.42 Å². The highest BCUT2D eigenvalue weighted by atomic mass is 32.1. The third kappa shape index (κ3) is 3.29. The molecule has 17 heavy (non-hydrogen) atoms. The van der Waals surface area contributed by atoms with Crippen LogP contribution in [0.4, 0.5) is 5.69 Å². The van der Waals surface area contributed by atoms with E-state index in [2.05, 4.69) is 16.4 Å². The van der Waals surface area contributed by atoms with Crippen molar-refractivity contribution in [2.75, 3.05) is 12.3 Å². The number of nitrogens with two attached hydrogens (primary N) is 1. The number of rotatable bonds is 4. The number of carbonyl (C=O) groups excluding carboxylic acids is 1. The largest absolute Gasteiger partial charge is 0.397 e. The van der Waals surface area contributed by atoms with Crippen molar-refractivity contribution in [1.82, 2.24) is 10.3 Å². The molecule has 3 N–H and O–H groups in total. The molecule has 2 heterocycles. The van der Waals surface area contributed by atoms with Gasteiger partial charge in [0.1, 0.15) is 5.69 Å². The summed E-state index contributed by atoms with van der Waals surface area (Å²) in [6, 6.07) is 7.35. The minimum atomic E-state index is -0.165. The molecule has 4 nitrogen and oxygen atoms in total. The predicted octanol–water partition coefficient (Wildman–Crippen LogP) is 1.70. The number of anilines is 1. The van der Waals surface area contributed by atoms with Gasteiger partial charge >= 0.3 is 0 Å². The summed E-state index contributed by atoms with van der Waals surface area (Å²) in [5, 5.41) is 4.85. The second kappa shape index (κ2) is 5.45. The Kier molecular flexibility index (Phi) is 3.72. The van der Waals surface area contributed by atoms with Gasteiger partial charge in [0, 0.05) is 11.4 Å². The first kappa shape index (κ1) is 11.6. The molecule has 2 aromatic rings. The molecule has 0 spiro atoms. The summed E-state index contributed by atoms with van der Waals surface area (Å²) in [6.07, 6.45) is 2.33. The lowest BCUT2D eigenvalue weighted by atomic mass is 10.3. The normalized spacial score (nSPS) is 10.1. The first-order valence-electron chi connectivity index (χ1n) is 5.28. The summed E-state index contributed by atoms with van der Waals surface area (Å²) >= 11 is 1.69. The zero-order valence-corrected chi connectivity index (χ0v) is 10.0. The number of carbonyl (C=O) groups is 1. The molecule has 2 rings (SSSR count). The van der Waals surface area contributed by atoms with Gasteiger partial charge in [0.15, 0.2) is 0 Å². The van der Waals surface area contributed by atoms with Crippen LogP contribution in [0.25, 0.3) is 0 Å². The highest BCUT2D eigenvalue weighted by Gasteiger charge is 2.05. The predicted molar refractivity (Wildman–Crippen MR) is 69.0 cm³/mol. The van der Waals surface area contributed by atoms with Gasteiger partial charge in [-0.15, -0.1) is 11.3 Å². The Morgan fingerprint density at radius 2 is 2.29 bits per heavy atom. The molecule has 0 unspecified atom stereocenters. The number of pyridine rings is 1. The molecule has 0 aromatic carbocycles. The van der Waals surface area contributed by atoms with Crippen LogP contribution in [0.2, 0.25) is 0 Å². The number of nitrogens with one attached hydrogen (secondary N) is 1. The standard InChI is InChI=1S/C12H13N3OS/c13-9-3-4-11(15-8-9)12(16)14-6-5-10-2-1-7-17-10/h1-4,7-8H,5-6,13H2,(H,14,16). The third-order valence-electron chi connectivity index (χ3n) is 2.26. The van der Waals surface area contributed by atoms with Crippen molar-refractivity contribution in [2.45, 2.75) is 6.42 Å². The van der Waals surface area contributed by atoms with Crippen LogP contribution >= 0.6 is 11.3 Å². The fourth-order valence-electron chi connectivity index (χ4n) is 1.38. The number of nitrogen functional groups attached to an aromatic ring is 1. The van der Waals surface area contributed by atoms with Gasteiger partial charge in [-0.05, 0) is 30.0 Å². The van der Waals surface area contributed by atoms with Gasteiger partial charge in [-0.3, -0.25) is 4.79 Å². The van der Waals surface area contributed by atoms with E-state index in [1.54, 1.807) is 23.5 Å². The number of hydrogen-bond donors (Lipinski definition) is 2. The Balaban J connectivity index is 1.83. The number of hydrogen-bond acceptors (Lipinski definition) is 4. The Morgan fingerprint density at radius 1 is 1.41 bits per heavy atom. The summed E-state index contributed by atoms with van der Waals surface area (Å²) in [4.78, 5) is 16.9. The zero-order valence-electron chi connectivity index (χ0n) is 9.22. The number of thiophene rings is 1. The maximum Gasteiger partial charge on any atom is 0.269 e. The van der Waals surface area contributed by atoms with Crippen LogP contribution in [0, 0.1) is 0 Å². The van der Waals surface area contributed by atoms with E-state index in [1.165, 1.54) is 11.1 Å². The Labute approximate surface area is 103 Å². The molecular formula is C12H13N3OS. The van der Waals surface area contributed by atoms with E-state index in [1.807, 2.05) is 11.4 Å². The van der Waals surface area contributed by atoms with E-state index in [9.17, 15) is 4.79 Å². The molecule has 0 fully saturated rings. The first-order chi connectivity index (χ1) is 8.25. The number of nitrogens with zero attached hydrogens (tertiary/aromatic N) is 1. The van der Waals surface area contributed by atoms with E-state index in [4.69, 9.17) is 5.73 Å². The van der Waals surface area contributed by atoms with Crippen molar-refractivity contribution in [1.29, 1.82) is 0 Å². The molecule has 2 aromatic heterocycles. The van der Waals surface area contributed by atoms with Crippen LogP contribution < -0.4 is 11.1 Å². The summed E-state index contributed by atoms with van der Waals surface area (Å²) in [5.41, 5.74) is 6.45. The van der Waals surface area contributed by atoms with Crippen LogP contribution in [0.15, 0.2) is 35.8 Å². The minimum absolute atomic E-state index is 0.165. The van der Waals surface area contributed by atoms with Crippen LogP contribution in [0.3, 0.4) is 0 Å². The molecule has 0 saturated heterocycles. The SMILES string of the molecule is Nc1ccc(C(=O)NCCc2cccs2)nc1. The third-order valence-corrected chi connectivity index (χ3v) is 3.19. The van der Waals surface area contributed by atoms with Gasteiger partial charge in [-0.2, -0.15) is 0 Å². The second-order valence-electron chi connectivity index (χ2n) is 3.56. The van der Waals surface area contributed by atoms with Gasteiger partial charge in [0.2, 0.25) is 0 Å². The zero-order chi connectivity index (χ0) is 12.1. The molecule has 0 aliphatic rings. The fourth-order valence-corrected chi connectivity index (χ4v) is 2.09. The number of amides is 1. The molecule has 0 aliphatic heterocycles. The van der Waals surface area contributed by atoms with E-state index in [0.717, 1.165) is 6.42 Å². The van der Waals surface area contributed by atoms with Gasteiger partial charge in [-0.1, -0.05) is 6.07 Å². The molecule has 0 atom stereocenters. The van der Waals surface area contributed by atoms with Gasteiger partial charge in [-0.25, -0.2) is 4.98 Å². The van der Waals surface area contributed by atoms with E-state index >= 15 is 0 Å². The summed E-state index contributed by atoms with van der Waals surface area (Å²) in [5.74, 6) is -0.165. The van der Waals surface area contributed by atoms with Crippen molar-refractivity contribution in [3.63, 3.8) is 0 Å². The maximum atomic E-state index is 11.7. The molecule has 5 heteroatoms. The second-order valence-corrected chi connectivity index (χ2v) is 4.59. The van der Waals surface area contributed by atoms with Crippen LogP contribution in [-0.4, -0.2) is 17.4 Å². The number of aromatic nitrogens is 1. The van der Waals surface area contributed by atoms with Gasteiger partial charge in [0.25, 0.3) is 5.91 Å². The Bertz CT molecular complexity index is 479. The summed E-state index contributed by atoms with van der Waals surface area (Å²) in [7, 11) is 0. The van der Waals surface area contributed by atoms with Crippen molar-refractivity contribution >= 4 is 22.9 Å². The monoisotopic (exact) mass is 247 g/mol. The van der Waals surface area contributed by atoms with E-state index in [-0.39, 0.29) is 5.91 Å². The van der Waals surface area contributed by atoms with Crippen molar-refractivity contribution in [2.24, 2.45) is 0 Å². The average Bonchev–Trinajstić information content (AvgIpc) is 2.83. The molecule has 1 amide bonds. The van der Waals surface area contributed by atoms with Crippen LogP contribution in [0.5, 0.6) is 0 Å². The average molecular weight is 247 g/mol. The maximum absolute atomic E-state index is 11.7. The van der Waals surface area contributed by atoms with E-state index < -0.39 is 0 Å². The molecule has 0 saturated carbocycles. The quantitative estimate of drug-likeness (QED) is 0.864. The fraction of sp³-hybridized carbons (Fsp3) is 0.167. The summed E-state index contributed by atoms with van der Waals surface area (Å²) < 4.78 is 0. The molecule has 0 radical (unpaired) electrons. The first-order valence-corrected chi connectivity index (χ1v) is 6.16. The topological polar surface area (TPSA) is 68.0 Å². The van der Waals surface area contributed by atoms with Gasteiger partial charge < -0.3 is 11.1 Å². The van der Waals surface area contributed by atoms with E-state index in [0.29, 0.717) is 17.9 Å². The van der Waals surface area contributed by atoms with Crippen molar-refractivity contribution in [3.05, 3.63) is 46.4 Å². The van der Waals surface area contributed by atoms with Gasteiger partial charge in [0.05, 0.1) is 11.9 Å². The highest BCUT2D eigenvalue weighted by molar-refractivity contribution is 7.09. The lowest BCUT2D eigenvalue weighted by molar-refractivity contribution is 0.0949. The molecule has 88 valence electrons. The van der Waals surface area contributed by atoms with Crippen molar-refractivity contribution in [3.8, 4) is 0 Å². The van der Waals surface area contributed by atoms with Crippen molar-refractivity contribution < 1.29 is 4.79 Å². The lowest BCUT2D eigenvalue weighted by Crippen LogP contribution is -2.26. The molecule has 0 aliphatic carbocycles. The highest BCUT2D eigenvalue weighted by Crippen LogP contribution is 2.08. The molecule has 0 bridgehead atoms. The minimum Gasteiger partial charge on any atom is -0.397 e. The Morgan fingerprint density at radius 3 is 2.94 bits per heavy atom. The summed E-state index contributed by atoms with van der Waals surface area (Å²) in [6.45, 7) is 0.616. The lowest BCUT2D eigenvalue weighted by Gasteiger charge is -2.03. The Hall–Kier alpha value is -1.88. The molecular weight excluding hydrogens is 234 g/mol. The smallest absolute Gasteiger partial charge is 0.269 e.